The van der Waals surface area contributed by atoms with Crippen molar-refractivity contribution in [1.82, 2.24) is 9.97 Å². The third kappa shape index (κ3) is 7.75. The third-order valence-corrected chi connectivity index (χ3v) is 9.60. The number of hydrogen-bond acceptors (Lipinski definition) is 6. The first kappa shape index (κ1) is 29.7. The maximum absolute atomic E-state index is 12.5. The van der Waals surface area contributed by atoms with E-state index in [0.717, 1.165) is 91.5 Å². The molecular formula is C36H34N4O2S2. The van der Waals surface area contributed by atoms with Crippen LogP contribution in [0.4, 0.5) is 11.4 Å². The summed E-state index contributed by atoms with van der Waals surface area (Å²) >= 11 is 3.31. The van der Waals surface area contributed by atoms with Gasteiger partial charge in [0.2, 0.25) is 11.8 Å². The van der Waals surface area contributed by atoms with E-state index >= 15 is 0 Å². The van der Waals surface area contributed by atoms with Crippen LogP contribution < -0.4 is 10.6 Å². The zero-order valence-corrected chi connectivity index (χ0v) is 26.1. The molecule has 0 atom stereocenters. The third-order valence-electron chi connectivity index (χ3n) is 7.43. The summed E-state index contributed by atoms with van der Waals surface area (Å²) in [5.41, 5.74) is 5.61. The van der Waals surface area contributed by atoms with Gasteiger partial charge in [-0.25, -0.2) is 9.97 Å². The molecule has 6 rings (SSSR count). The van der Waals surface area contributed by atoms with Crippen molar-refractivity contribution in [3.63, 3.8) is 0 Å². The lowest BCUT2D eigenvalue weighted by Gasteiger charge is -2.07. The molecule has 0 aliphatic rings. The van der Waals surface area contributed by atoms with Gasteiger partial charge in [0.05, 0.1) is 20.4 Å². The van der Waals surface area contributed by atoms with Gasteiger partial charge in [-0.15, -0.1) is 22.7 Å². The lowest BCUT2D eigenvalue weighted by molar-refractivity contribution is -0.117. The highest BCUT2D eigenvalue weighted by molar-refractivity contribution is 7.22. The number of nitrogens with zero attached hydrogens (tertiary/aromatic N) is 2. The molecule has 8 heteroatoms. The van der Waals surface area contributed by atoms with Gasteiger partial charge >= 0.3 is 0 Å². The molecular weight excluding hydrogens is 585 g/mol. The first-order valence-corrected chi connectivity index (χ1v) is 16.8. The van der Waals surface area contributed by atoms with E-state index in [1.165, 1.54) is 0 Å². The highest BCUT2D eigenvalue weighted by Crippen LogP contribution is 2.32. The minimum absolute atomic E-state index is 0.0373. The van der Waals surface area contributed by atoms with E-state index in [-0.39, 0.29) is 11.8 Å². The monoisotopic (exact) mass is 618 g/mol. The fraction of sp³-hybridized carbons (Fsp3) is 0.222. The number of anilines is 2. The highest BCUT2D eigenvalue weighted by Gasteiger charge is 2.10. The van der Waals surface area contributed by atoms with Crippen LogP contribution in [0.15, 0.2) is 97.1 Å². The molecule has 6 nitrogen and oxygen atoms in total. The van der Waals surface area contributed by atoms with Gasteiger partial charge in [0.1, 0.15) is 10.0 Å². The van der Waals surface area contributed by atoms with E-state index in [1.807, 2.05) is 84.9 Å². The van der Waals surface area contributed by atoms with Crippen molar-refractivity contribution in [3.8, 4) is 21.1 Å². The van der Waals surface area contributed by atoms with Gasteiger partial charge in [0, 0.05) is 35.3 Å². The van der Waals surface area contributed by atoms with Crippen molar-refractivity contribution in [3.05, 3.63) is 97.1 Å². The minimum atomic E-state index is 0.0373. The number of hydrogen-bond donors (Lipinski definition) is 2. The number of benzene rings is 4. The Bertz CT molecular complexity index is 1690. The summed E-state index contributed by atoms with van der Waals surface area (Å²) in [7, 11) is 0. The highest BCUT2D eigenvalue weighted by atomic mass is 32.1. The topological polar surface area (TPSA) is 84.0 Å². The zero-order valence-electron chi connectivity index (χ0n) is 24.4. The number of unbranched alkanes of at least 4 members (excludes halogenated alkanes) is 5. The smallest absolute Gasteiger partial charge is 0.224 e. The van der Waals surface area contributed by atoms with Crippen molar-refractivity contribution in [2.45, 2.75) is 51.4 Å². The largest absolute Gasteiger partial charge is 0.326 e. The quantitative estimate of drug-likeness (QED) is 0.126. The molecule has 0 fully saturated rings. The molecule has 44 heavy (non-hydrogen) atoms. The molecule has 4 aromatic carbocycles. The molecule has 6 aromatic rings. The maximum atomic E-state index is 12.5. The summed E-state index contributed by atoms with van der Waals surface area (Å²) in [6.07, 6.45) is 6.85. The Morgan fingerprint density at radius 3 is 1.41 bits per heavy atom. The van der Waals surface area contributed by atoms with Gasteiger partial charge in [-0.3, -0.25) is 9.59 Å². The summed E-state index contributed by atoms with van der Waals surface area (Å²) in [5, 5.41) is 7.98. The number of carbonyl (C=O) groups excluding carboxylic acids is 2. The van der Waals surface area contributed by atoms with Crippen LogP contribution in [-0.2, 0) is 9.59 Å². The lowest BCUT2D eigenvalue weighted by atomic mass is 10.1. The molecule has 0 saturated heterocycles. The van der Waals surface area contributed by atoms with E-state index in [0.29, 0.717) is 12.8 Å². The number of fused-ring (bicyclic) bond motifs is 2. The van der Waals surface area contributed by atoms with Crippen LogP contribution in [-0.4, -0.2) is 21.8 Å². The van der Waals surface area contributed by atoms with Gasteiger partial charge in [0.25, 0.3) is 0 Å². The molecule has 2 aromatic heterocycles. The van der Waals surface area contributed by atoms with Gasteiger partial charge in [-0.2, -0.15) is 0 Å². The SMILES string of the molecule is O=C(CCCCCCCCC(=O)Nc1cccc(-c2nc3ccccc3s2)c1)Nc1cccc(-c2nc3ccccc3s2)c1. The Hall–Kier alpha value is -4.40. The molecule has 0 bridgehead atoms. The van der Waals surface area contributed by atoms with Crippen LogP contribution in [0.3, 0.4) is 0 Å². The first-order chi connectivity index (χ1) is 21.6. The summed E-state index contributed by atoms with van der Waals surface area (Å²) < 4.78 is 2.31. The summed E-state index contributed by atoms with van der Waals surface area (Å²) in [5.74, 6) is 0.0747. The predicted octanol–water partition coefficient (Wildman–Crippen LogP) is 9.94. The molecule has 222 valence electrons. The Morgan fingerprint density at radius 1 is 0.523 bits per heavy atom. The van der Waals surface area contributed by atoms with E-state index in [1.54, 1.807) is 22.7 Å². The fourth-order valence-corrected chi connectivity index (χ4v) is 7.10. The number of para-hydroxylation sites is 2. The van der Waals surface area contributed by atoms with E-state index < -0.39 is 0 Å². The second-order valence-electron chi connectivity index (χ2n) is 10.9. The van der Waals surface area contributed by atoms with Crippen molar-refractivity contribution < 1.29 is 9.59 Å². The molecule has 0 unspecified atom stereocenters. The molecule has 2 heterocycles. The molecule has 0 radical (unpaired) electrons. The molecule has 0 saturated carbocycles. The number of thiazole rings is 2. The molecule has 2 N–H and O–H groups in total. The van der Waals surface area contributed by atoms with Crippen LogP contribution in [0.5, 0.6) is 0 Å². The van der Waals surface area contributed by atoms with E-state index in [2.05, 4.69) is 22.8 Å². The van der Waals surface area contributed by atoms with Crippen LogP contribution >= 0.6 is 22.7 Å². The predicted molar refractivity (Wildman–Crippen MR) is 184 cm³/mol. The van der Waals surface area contributed by atoms with E-state index in [9.17, 15) is 9.59 Å². The van der Waals surface area contributed by atoms with Gasteiger partial charge < -0.3 is 10.6 Å². The lowest BCUT2D eigenvalue weighted by Crippen LogP contribution is -2.11. The van der Waals surface area contributed by atoms with Gasteiger partial charge in [-0.05, 0) is 61.4 Å². The molecule has 2 amide bonds. The average Bonchev–Trinajstić information content (AvgIpc) is 3.68. The first-order valence-electron chi connectivity index (χ1n) is 15.1. The summed E-state index contributed by atoms with van der Waals surface area (Å²) in [4.78, 5) is 34.5. The number of aromatic nitrogens is 2. The van der Waals surface area contributed by atoms with Crippen LogP contribution in [0.1, 0.15) is 51.4 Å². The minimum Gasteiger partial charge on any atom is -0.326 e. The Morgan fingerprint density at radius 2 is 0.955 bits per heavy atom. The average molecular weight is 619 g/mol. The van der Waals surface area contributed by atoms with Crippen LogP contribution in [0, 0.1) is 0 Å². The van der Waals surface area contributed by atoms with Crippen molar-refractivity contribution >= 4 is 66.3 Å². The Balaban J connectivity index is 0.858. The zero-order chi connectivity index (χ0) is 30.1. The number of nitrogens with one attached hydrogen (secondary N) is 2. The summed E-state index contributed by atoms with van der Waals surface area (Å²) in [6, 6.07) is 32.0. The number of amides is 2. The second-order valence-corrected chi connectivity index (χ2v) is 12.9. The molecule has 0 aliphatic heterocycles. The van der Waals surface area contributed by atoms with Crippen molar-refractivity contribution in [2.24, 2.45) is 0 Å². The van der Waals surface area contributed by atoms with Crippen molar-refractivity contribution in [1.29, 1.82) is 0 Å². The summed E-state index contributed by atoms with van der Waals surface area (Å²) in [6.45, 7) is 0. The van der Waals surface area contributed by atoms with Crippen LogP contribution in [0.2, 0.25) is 0 Å². The molecule has 0 spiro atoms. The number of rotatable bonds is 13. The van der Waals surface area contributed by atoms with E-state index in [4.69, 9.17) is 9.97 Å². The van der Waals surface area contributed by atoms with Gasteiger partial charge in [-0.1, -0.05) is 74.2 Å². The normalized spacial score (nSPS) is 11.2. The Labute approximate surface area is 265 Å². The maximum Gasteiger partial charge on any atom is 0.224 e. The standard InChI is InChI=1S/C36H34N4O2S2/c41-33(37-27-15-11-13-25(23-27)35-39-29-17-7-9-19-31(29)43-35)21-5-3-1-2-4-6-22-34(42)38-28-16-12-14-26(24-28)36-40-30-18-8-10-20-32(30)44-36/h7-20,23-24H,1-6,21-22H2,(H,37,41)(H,38,42). The fourth-order valence-electron chi connectivity index (χ4n) is 5.18. The van der Waals surface area contributed by atoms with Crippen LogP contribution in [0.25, 0.3) is 41.6 Å². The Kier molecular flexibility index (Phi) is 9.70. The second kappa shape index (κ2) is 14.4. The number of carbonyl (C=O) groups is 2. The van der Waals surface area contributed by atoms with Gasteiger partial charge in [0.15, 0.2) is 0 Å². The molecule has 0 aliphatic carbocycles. The van der Waals surface area contributed by atoms with Crippen molar-refractivity contribution in [2.75, 3.05) is 10.6 Å².